The van der Waals surface area contributed by atoms with Crippen LogP contribution in [0.4, 0.5) is 0 Å². The van der Waals surface area contributed by atoms with Gasteiger partial charge in [-0.15, -0.1) is 0 Å². The monoisotopic (exact) mass is 288 g/mol. The second kappa shape index (κ2) is 13.9. The minimum atomic E-state index is -0.250. The van der Waals surface area contributed by atoms with Crippen molar-refractivity contribution >= 4 is 61.3 Å². The van der Waals surface area contributed by atoms with E-state index in [1.54, 1.807) is 0 Å². The fourth-order valence-corrected chi connectivity index (χ4v) is 2.36. The molecule has 0 aromatic carbocycles. The lowest BCUT2D eigenvalue weighted by Crippen LogP contribution is -1.97. The second-order valence-corrected chi connectivity index (χ2v) is 4.97. The van der Waals surface area contributed by atoms with Crippen LogP contribution in [0.2, 0.25) is 0 Å². The summed E-state index contributed by atoms with van der Waals surface area (Å²) in [5.74, 6) is 0. The Labute approximate surface area is 107 Å². The SMILES string of the molecule is CCOC(=S)SSC(=S)OCC.O=CO. The van der Waals surface area contributed by atoms with Crippen molar-refractivity contribution in [3.05, 3.63) is 0 Å². The molecule has 0 saturated heterocycles. The molecule has 0 rings (SSSR count). The van der Waals surface area contributed by atoms with E-state index in [1.807, 2.05) is 13.8 Å². The van der Waals surface area contributed by atoms with Crippen molar-refractivity contribution in [1.82, 2.24) is 0 Å². The van der Waals surface area contributed by atoms with E-state index in [1.165, 1.54) is 21.6 Å². The van der Waals surface area contributed by atoms with E-state index >= 15 is 0 Å². The molecule has 0 amide bonds. The lowest BCUT2D eigenvalue weighted by atomic mass is 10.9. The first-order chi connectivity index (χ1) is 7.12. The number of hydrogen-bond donors (Lipinski definition) is 1. The predicted octanol–water partition coefficient (Wildman–Crippen LogP) is 2.71. The van der Waals surface area contributed by atoms with E-state index in [-0.39, 0.29) is 6.47 Å². The number of carbonyl (C=O) groups is 1. The third-order valence-electron chi connectivity index (χ3n) is 0.702. The average Bonchev–Trinajstić information content (AvgIpc) is 2.17. The van der Waals surface area contributed by atoms with Crippen LogP contribution in [-0.4, -0.2) is 33.6 Å². The van der Waals surface area contributed by atoms with Crippen molar-refractivity contribution in [2.45, 2.75) is 13.8 Å². The maximum Gasteiger partial charge on any atom is 0.290 e. The molecule has 8 heteroatoms. The van der Waals surface area contributed by atoms with Gasteiger partial charge in [-0.1, -0.05) is 0 Å². The second-order valence-electron chi connectivity index (χ2n) is 1.64. The molecule has 0 aromatic rings. The minimum Gasteiger partial charge on any atom is -0.483 e. The summed E-state index contributed by atoms with van der Waals surface area (Å²) in [6.45, 7) is 4.71. The standard InChI is InChI=1S/C6H10O2S4.CH2O2/c1-3-7-5(9)11-12-6(10)8-4-2;2-1-3/h3-4H2,1-2H3;1H,(H,2,3). The lowest BCUT2D eigenvalue weighted by molar-refractivity contribution is -0.122. The van der Waals surface area contributed by atoms with E-state index < -0.39 is 0 Å². The van der Waals surface area contributed by atoms with Crippen LogP contribution in [0.5, 0.6) is 0 Å². The van der Waals surface area contributed by atoms with Crippen LogP contribution in [0, 0.1) is 0 Å². The quantitative estimate of drug-likeness (QED) is 0.473. The molecule has 4 nitrogen and oxygen atoms in total. The highest BCUT2D eigenvalue weighted by atomic mass is 33.1. The van der Waals surface area contributed by atoms with Crippen molar-refractivity contribution in [3.8, 4) is 0 Å². The van der Waals surface area contributed by atoms with E-state index in [0.717, 1.165) is 0 Å². The topological polar surface area (TPSA) is 55.8 Å². The van der Waals surface area contributed by atoms with Gasteiger partial charge < -0.3 is 14.6 Å². The molecule has 0 fully saturated rings. The summed E-state index contributed by atoms with van der Waals surface area (Å²) in [4.78, 5) is 8.36. The largest absolute Gasteiger partial charge is 0.483 e. The number of hydrogen-bond acceptors (Lipinski definition) is 7. The molecule has 0 bridgehead atoms. The Morgan fingerprint density at radius 3 is 1.67 bits per heavy atom. The molecule has 0 aliphatic rings. The van der Waals surface area contributed by atoms with E-state index in [2.05, 4.69) is 0 Å². The summed E-state index contributed by atoms with van der Waals surface area (Å²) in [5, 5.41) is 6.89. The van der Waals surface area contributed by atoms with Crippen LogP contribution < -0.4 is 0 Å². The van der Waals surface area contributed by atoms with Crippen LogP contribution in [0.15, 0.2) is 0 Å². The molecule has 0 radical (unpaired) electrons. The molecule has 0 saturated carbocycles. The maximum atomic E-state index is 8.36. The van der Waals surface area contributed by atoms with Crippen LogP contribution in [0.3, 0.4) is 0 Å². The van der Waals surface area contributed by atoms with Gasteiger partial charge in [0.2, 0.25) is 8.77 Å². The Balaban J connectivity index is 0. The Hall–Kier alpha value is -0.0500. The molecule has 0 aromatic heterocycles. The molecule has 88 valence electrons. The summed E-state index contributed by atoms with van der Waals surface area (Å²) in [7, 11) is 2.62. The molecule has 15 heavy (non-hydrogen) atoms. The smallest absolute Gasteiger partial charge is 0.290 e. The summed E-state index contributed by atoms with van der Waals surface area (Å²) in [6, 6.07) is 0. The van der Waals surface area contributed by atoms with Crippen LogP contribution in [-0.2, 0) is 14.3 Å². The van der Waals surface area contributed by atoms with Gasteiger partial charge in [-0.3, -0.25) is 4.79 Å². The van der Waals surface area contributed by atoms with Gasteiger partial charge in [0.1, 0.15) is 0 Å². The third-order valence-corrected chi connectivity index (χ3v) is 3.82. The zero-order chi connectivity index (χ0) is 12.1. The number of rotatable bonds is 2. The molecule has 0 aliphatic carbocycles. The summed E-state index contributed by atoms with van der Waals surface area (Å²) >= 11 is 9.72. The van der Waals surface area contributed by atoms with Gasteiger partial charge in [0.25, 0.3) is 6.47 Å². The van der Waals surface area contributed by atoms with Gasteiger partial charge in [0.05, 0.1) is 13.2 Å². The molecule has 1 N–H and O–H groups in total. The molecular weight excluding hydrogens is 276 g/mol. The lowest BCUT2D eigenvalue weighted by Gasteiger charge is -2.04. The fraction of sp³-hybridized carbons (Fsp3) is 0.571. The Kier molecular flexibility index (Phi) is 16.1. The van der Waals surface area contributed by atoms with Crippen molar-refractivity contribution in [1.29, 1.82) is 0 Å². The number of carboxylic acid groups (broad SMARTS) is 1. The normalized spacial score (nSPS) is 8.13. The molecule has 0 spiro atoms. The number of thiocarbonyl (C=S) groups is 2. The van der Waals surface area contributed by atoms with Crippen LogP contribution in [0.25, 0.3) is 0 Å². The summed E-state index contributed by atoms with van der Waals surface area (Å²) < 4.78 is 11.0. The van der Waals surface area contributed by atoms with Crippen molar-refractivity contribution in [3.63, 3.8) is 0 Å². The van der Waals surface area contributed by atoms with Gasteiger partial charge in [0, 0.05) is 21.6 Å². The molecule has 0 atom stereocenters. The van der Waals surface area contributed by atoms with Crippen molar-refractivity contribution in [2.24, 2.45) is 0 Å². The maximum absolute atomic E-state index is 8.36. The summed E-state index contributed by atoms with van der Waals surface area (Å²) in [6.07, 6.45) is 0. The average molecular weight is 288 g/mol. The van der Waals surface area contributed by atoms with Crippen LogP contribution >= 0.6 is 46.0 Å². The predicted molar refractivity (Wildman–Crippen MR) is 72.3 cm³/mol. The Morgan fingerprint density at radius 1 is 1.20 bits per heavy atom. The zero-order valence-corrected chi connectivity index (χ0v) is 11.6. The highest BCUT2D eigenvalue weighted by Gasteiger charge is 2.02. The van der Waals surface area contributed by atoms with Gasteiger partial charge in [0.15, 0.2) is 0 Å². The molecule has 0 heterocycles. The third kappa shape index (κ3) is 16.6. The first-order valence-corrected chi connectivity index (χ1v) is 6.84. The Morgan fingerprint density at radius 2 is 1.47 bits per heavy atom. The van der Waals surface area contributed by atoms with Gasteiger partial charge >= 0.3 is 0 Å². The molecule has 0 aliphatic heterocycles. The highest BCUT2D eigenvalue weighted by Crippen LogP contribution is 2.25. The van der Waals surface area contributed by atoms with E-state index in [4.69, 9.17) is 43.8 Å². The van der Waals surface area contributed by atoms with Crippen LogP contribution in [0.1, 0.15) is 13.8 Å². The minimum absolute atomic E-state index is 0.250. The fourth-order valence-electron chi connectivity index (χ4n) is 0.352. The van der Waals surface area contributed by atoms with E-state index in [9.17, 15) is 0 Å². The van der Waals surface area contributed by atoms with Crippen molar-refractivity contribution in [2.75, 3.05) is 13.2 Å². The van der Waals surface area contributed by atoms with Gasteiger partial charge in [-0.05, 0) is 38.3 Å². The first kappa shape index (κ1) is 17.3. The molecular formula is C7H12O4S4. The van der Waals surface area contributed by atoms with Gasteiger partial charge in [-0.2, -0.15) is 0 Å². The first-order valence-electron chi connectivity index (χ1n) is 3.88. The van der Waals surface area contributed by atoms with Gasteiger partial charge in [-0.25, -0.2) is 0 Å². The Bertz CT molecular complexity index is 179. The molecule has 0 unspecified atom stereocenters. The summed E-state index contributed by atoms with van der Waals surface area (Å²) in [5.41, 5.74) is 0. The number of ether oxygens (including phenoxy) is 2. The van der Waals surface area contributed by atoms with E-state index in [0.29, 0.717) is 22.0 Å². The van der Waals surface area contributed by atoms with Crippen molar-refractivity contribution < 1.29 is 19.4 Å². The zero-order valence-electron chi connectivity index (χ0n) is 8.30. The highest BCUT2D eigenvalue weighted by molar-refractivity contribution is 8.89.